The molecular formula is C32H54O6Si2. The van der Waals surface area contributed by atoms with Gasteiger partial charge in [0.05, 0.1) is 30.3 Å². The first-order valence-corrected chi connectivity index (χ1v) is 21.5. The second kappa shape index (κ2) is 9.34. The number of fused-ring (bicyclic) bond motifs is 2. The molecule has 0 amide bonds. The van der Waals surface area contributed by atoms with Gasteiger partial charge in [0.25, 0.3) is 0 Å². The van der Waals surface area contributed by atoms with Crippen LogP contribution in [0.3, 0.4) is 0 Å². The van der Waals surface area contributed by atoms with Gasteiger partial charge >= 0.3 is 5.97 Å². The number of ketones is 1. The lowest BCUT2D eigenvalue weighted by Crippen LogP contribution is -2.67. The third kappa shape index (κ3) is 4.09. The molecule has 226 valence electrons. The number of esters is 1. The standard InChI is InChI=1S/C32H54O6Si2/c1-13-35-28(34)31-17-16-20-22-14-15-23(33)32(36-22)18-21(24(31)25(20)32)27(38-40(11,12)30(6,7)8)26(19(31)2)37-39(9,10)29(3,4)5/h14-15,19-22,24-27H,13,16-18H2,1-12H3/t19?,20-,21+,22-,24?,25+,26?,27+,31-,32+/m1/s1. The maximum atomic E-state index is 14.3. The van der Waals surface area contributed by atoms with Gasteiger partial charge in [-0.15, -0.1) is 0 Å². The van der Waals surface area contributed by atoms with Gasteiger partial charge in [0.1, 0.15) is 5.60 Å². The summed E-state index contributed by atoms with van der Waals surface area (Å²) >= 11 is 0. The van der Waals surface area contributed by atoms with Gasteiger partial charge in [0.2, 0.25) is 0 Å². The first-order valence-electron chi connectivity index (χ1n) is 15.7. The topological polar surface area (TPSA) is 71.1 Å². The Balaban J connectivity index is 1.70. The minimum Gasteiger partial charge on any atom is -0.466 e. The van der Waals surface area contributed by atoms with Crippen LogP contribution in [0.25, 0.3) is 0 Å². The number of hydrogen-bond donors (Lipinski definition) is 0. The van der Waals surface area contributed by atoms with Crippen molar-refractivity contribution in [3.63, 3.8) is 0 Å². The number of ether oxygens (including phenoxy) is 2. The van der Waals surface area contributed by atoms with E-state index >= 15 is 0 Å². The Kier molecular flexibility index (Phi) is 7.16. The lowest BCUT2D eigenvalue weighted by molar-refractivity contribution is -0.203. The Morgan fingerprint density at radius 1 is 0.975 bits per heavy atom. The average Bonchev–Trinajstić information content (AvgIpc) is 3.29. The van der Waals surface area contributed by atoms with Gasteiger partial charge in [-0.25, -0.2) is 0 Å². The number of hydrogen-bond acceptors (Lipinski definition) is 6. The van der Waals surface area contributed by atoms with Gasteiger partial charge in [-0.2, -0.15) is 0 Å². The minimum absolute atomic E-state index is 0.00458. The van der Waals surface area contributed by atoms with E-state index in [1.807, 2.05) is 13.0 Å². The van der Waals surface area contributed by atoms with Crippen LogP contribution in [0.15, 0.2) is 12.2 Å². The maximum absolute atomic E-state index is 14.3. The fourth-order valence-electron chi connectivity index (χ4n) is 8.61. The minimum atomic E-state index is -2.25. The molecule has 6 nitrogen and oxygen atoms in total. The molecule has 3 saturated carbocycles. The Morgan fingerprint density at radius 2 is 1.55 bits per heavy atom. The molecule has 0 aromatic rings. The van der Waals surface area contributed by atoms with E-state index in [1.165, 1.54) is 0 Å². The van der Waals surface area contributed by atoms with Crippen LogP contribution in [0.5, 0.6) is 0 Å². The van der Waals surface area contributed by atoms with Crippen LogP contribution in [0.4, 0.5) is 0 Å². The molecule has 3 unspecified atom stereocenters. The molecule has 3 aliphatic carbocycles. The van der Waals surface area contributed by atoms with Crippen molar-refractivity contribution in [3.05, 3.63) is 12.2 Å². The fraction of sp³-hybridized carbons (Fsp3) is 0.875. The molecule has 0 aromatic heterocycles. The summed E-state index contributed by atoms with van der Waals surface area (Å²) in [6, 6.07) is 0. The monoisotopic (exact) mass is 590 g/mol. The summed E-state index contributed by atoms with van der Waals surface area (Å²) < 4.78 is 27.5. The molecule has 1 spiro atoms. The van der Waals surface area contributed by atoms with Crippen LogP contribution in [0, 0.1) is 35.0 Å². The molecule has 0 radical (unpaired) electrons. The summed E-state index contributed by atoms with van der Waals surface area (Å²) in [5.41, 5.74) is -1.58. The summed E-state index contributed by atoms with van der Waals surface area (Å²) in [5, 5.41) is 0.0193. The van der Waals surface area contributed by atoms with Crippen LogP contribution >= 0.6 is 0 Å². The van der Waals surface area contributed by atoms with Crippen molar-refractivity contribution in [3.8, 4) is 0 Å². The predicted octanol–water partition coefficient (Wildman–Crippen LogP) is 6.91. The first-order chi connectivity index (χ1) is 18.2. The highest BCUT2D eigenvalue weighted by molar-refractivity contribution is 6.74. The third-order valence-corrected chi connectivity index (χ3v) is 21.6. The Labute approximate surface area is 244 Å². The summed E-state index contributed by atoms with van der Waals surface area (Å²) in [4.78, 5) is 28.1. The van der Waals surface area contributed by atoms with Crippen molar-refractivity contribution in [2.45, 2.75) is 135 Å². The second-order valence-corrected chi connectivity index (χ2v) is 26.1. The van der Waals surface area contributed by atoms with E-state index in [-0.39, 0.29) is 69.7 Å². The molecule has 10 atom stereocenters. The lowest BCUT2D eigenvalue weighted by atomic mass is 9.47. The van der Waals surface area contributed by atoms with E-state index in [4.69, 9.17) is 18.3 Å². The molecule has 1 saturated heterocycles. The van der Waals surface area contributed by atoms with E-state index in [0.29, 0.717) is 13.0 Å². The SMILES string of the molecule is CCOC(=O)[C@@]12CC[C@H]3[C@H]4C1[C@H](C[C@@]41O[C@@H]3C=CC1=O)[C@H](O[Si](C)(C)C(C)(C)C)C(O[Si](C)(C)C(C)(C)C)C2C. The van der Waals surface area contributed by atoms with E-state index in [0.717, 1.165) is 12.8 Å². The summed E-state index contributed by atoms with van der Waals surface area (Å²) in [7, 11) is -4.49. The summed E-state index contributed by atoms with van der Waals surface area (Å²) in [6.45, 7) is 27.3. The summed E-state index contributed by atoms with van der Waals surface area (Å²) in [5.74, 6) is 0.0901. The number of rotatable bonds is 6. The zero-order valence-corrected chi connectivity index (χ0v) is 29.1. The number of carbonyl (C=O) groups excluding carboxylic acids is 2. The Morgan fingerprint density at radius 3 is 2.10 bits per heavy atom. The predicted molar refractivity (Wildman–Crippen MR) is 162 cm³/mol. The molecule has 4 fully saturated rings. The summed E-state index contributed by atoms with van der Waals surface area (Å²) in [6.07, 6.45) is 5.46. The quantitative estimate of drug-likeness (QED) is 0.247. The number of carbonyl (C=O) groups is 2. The molecule has 0 aromatic carbocycles. The first kappa shape index (κ1) is 30.6. The van der Waals surface area contributed by atoms with Crippen LogP contribution in [0.1, 0.15) is 74.7 Å². The largest absolute Gasteiger partial charge is 0.466 e. The van der Waals surface area contributed by atoms with Crippen molar-refractivity contribution in [2.75, 3.05) is 6.61 Å². The van der Waals surface area contributed by atoms with Gasteiger partial charge in [-0.1, -0.05) is 54.5 Å². The van der Waals surface area contributed by atoms with Gasteiger partial charge in [0, 0.05) is 5.92 Å². The van der Waals surface area contributed by atoms with Crippen molar-refractivity contribution >= 4 is 28.4 Å². The highest BCUT2D eigenvalue weighted by atomic mass is 28.4. The van der Waals surface area contributed by atoms with Gasteiger partial charge in [0.15, 0.2) is 22.4 Å². The van der Waals surface area contributed by atoms with Gasteiger partial charge in [-0.3, -0.25) is 9.59 Å². The normalized spacial score (nSPS) is 42.6. The Bertz CT molecular complexity index is 1090. The van der Waals surface area contributed by atoms with E-state index in [2.05, 4.69) is 74.7 Å². The molecular weight excluding hydrogens is 537 g/mol. The third-order valence-electron chi connectivity index (χ3n) is 12.7. The van der Waals surface area contributed by atoms with Crippen LogP contribution in [-0.4, -0.2) is 58.9 Å². The Hall–Kier alpha value is -0.806. The highest BCUT2D eigenvalue weighted by Crippen LogP contribution is 2.72. The van der Waals surface area contributed by atoms with Crippen molar-refractivity contribution in [2.24, 2.45) is 35.0 Å². The fourth-order valence-corrected chi connectivity index (χ4v) is 11.3. The van der Waals surface area contributed by atoms with E-state index in [9.17, 15) is 9.59 Å². The molecule has 2 bridgehead atoms. The zero-order valence-electron chi connectivity index (χ0n) is 27.1. The molecule has 0 N–H and O–H groups in total. The zero-order chi connectivity index (χ0) is 29.8. The van der Waals surface area contributed by atoms with E-state index in [1.54, 1.807) is 6.08 Å². The molecule has 2 aliphatic heterocycles. The molecule has 40 heavy (non-hydrogen) atoms. The van der Waals surface area contributed by atoms with Crippen molar-refractivity contribution in [1.29, 1.82) is 0 Å². The van der Waals surface area contributed by atoms with Crippen LogP contribution < -0.4 is 0 Å². The molecule has 5 rings (SSSR count). The van der Waals surface area contributed by atoms with Crippen LogP contribution in [-0.2, 0) is 27.9 Å². The lowest BCUT2D eigenvalue weighted by Gasteiger charge is -2.61. The smallest absolute Gasteiger partial charge is 0.312 e. The maximum Gasteiger partial charge on any atom is 0.312 e. The van der Waals surface area contributed by atoms with Crippen molar-refractivity contribution < 1.29 is 27.9 Å². The highest BCUT2D eigenvalue weighted by Gasteiger charge is 2.79. The molecule has 5 aliphatic rings. The van der Waals surface area contributed by atoms with Gasteiger partial charge in [-0.05, 0) is 92.2 Å². The van der Waals surface area contributed by atoms with Gasteiger partial charge < -0.3 is 18.3 Å². The van der Waals surface area contributed by atoms with Crippen molar-refractivity contribution in [1.82, 2.24) is 0 Å². The molecule has 8 heteroatoms. The second-order valence-electron chi connectivity index (χ2n) is 16.6. The van der Waals surface area contributed by atoms with Crippen LogP contribution in [0.2, 0.25) is 36.3 Å². The van der Waals surface area contributed by atoms with E-state index < -0.39 is 27.7 Å². The average molecular weight is 591 g/mol. The molecule has 2 heterocycles.